The topological polar surface area (TPSA) is 30.7 Å². The van der Waals surface area contributed by atoms with Crippen LogP contribution in [0.15, 0.2) is 42.5 Å². The van der Waals surface area contributed by atoms with Crippen LogP contribution >= 0.6 is 0 Å². The van der Waals surface area contributed by atoms with Crippen molar-refractivity contribution in [3.05, 3.63) is 53.6 Å². The highest BCUT2D eigenvalue weighted by molar-refractivity contribution is 5.75. The van der Waals surface area contributed by atoms with Crippen LogP contribution in [0, 0.1) is 13.8 Å². The zero-order valence-electron chi connectivity index (χ0n) is 9.88. The molecule has 0 spiro atoms. The molecule has 84 valence electrons. The molecule has 0 saturated heterocycles. The van der Waals surface area contributed by atoms with Crippen molar-refractivity contribution in [1.29, 1.82) is 0 Å². The van der Waals surface area contributed by atoms with Crippen LogP contribution in [0.1, 0.15) is 11.1 Å². The molecule has 17 heavy (non-hydrogen) atoms. The second kappa shape index (κ2) is 3.70. The fraction of sp³-hybridized carbons (Fsp3) is 0.143. The third-order valence-electron chi connectivity index (χ3n) is 2.80. The molecule has 0 amide bonds. The second-order valence-electron chi connectivity index (χ2n) is 4.34. The molecule has 1 aromatic heterocycles. The van der Waals surface area contributed by atoms with Gasteiger partial charge >= 0.3 is 0 Å². The molecule has 0 aliphatic carbocycles. The summed E-state index contributed by atoms with van der Waals surface area (Å²) in [5.74, 6) is 0. The summed E-state index contributed by atoms with van der Waals surface area (Å²) in [6.07, 6.45) is 0. The van der Waals surface area contributed by atoms with E-state index in [-0.39, 0.29) is 0 Å². The molecule has 0 atom stereocenters. The van der Waals surface area contributed by atoms with Crippen LogP contribution in [-0.4, -0.2) is 15.0 Å². The van der Waals surface area contributed by atoms with Gasteiger partial charge in [-0.15, -0.1) is 5.10 Å². The number of hydrogen-bond acceptors (Lipinski definition) is 2. The molecule has 2 aromatic carbocycles. The van der Waals surface area contributed by atoms with Crippen LogP contribution in [0.25, 0.3) is 16.7 Å². The first-order chi connectivity index (χ1) is 8.24. The third kappa shape index (κ3) is 1.69. The summed E-state index contributed by atoms with van der Waals surface area (Å²) >= 11 is 0. The van der Waals surface area contributed by atoms with Crippen LogP contribution in [-0.2, 0) is 0 Å². The van der Waals surface area contributed by atoms with Gasteiger partial charge in [0.25, 0.3) is 0 Å². The molecule has 3 rings (SSSR count). The van der Waals surface area contributed by atoms with Crippen molar-refractivity contribution in [1.82, 2.24) is 15.0 Å². The molecule has 1 heterocycles. The van der Waals surface area contributed by atoms with Gasteiger partial charge in [-0.1, -0.05) is 23.4 Å². The Bertz CT molecular complexity index is 663. The predicted molar refractivity (Wildman–Crippen MR) is 68.3 cm³/mol. The molecule has 3 aromatic rings. The lowest BCUT2D eigenvalue weighted by molar-refractivity contribution is 0.822. The monoisotopic (exact) mass is 223 g/mol. The molecule has 0 aliphatic heterocycles. The molecule has 3 nitrogen and oxygen atoms in total. The zero-order valence-corrected chi connectivity index (χ0v) is 9.88. The minimum atomic E-state index is 0.923. The van der Waals surface area contributed by atoms with Gasteiger partial charge in [-0.25, -0.2) is 4.68 Å². The van der Waals surface area contributed by atoms with Gasteiger partial charge in [0, 0.05) is 0 Å². The van der Waals surface area contributed by atoms with Crippen molar-refractivity contribution in [3.63, 3.8) is 0 Å². The Hall–Kier alpha value is -2.16. The number of nitrogens with zero attached hydrogens (tertiary/aromatic N) is 3. The van der Waals surface area contributed by atoms with E-state index < -0.39 is 0 Å². The van der Waals surface area contributed by atoms with Crippen molar-refractivity contribution in [2.75, 3.05) is 0 Å². The van der Waals surface area contributed by atoms with E-state index in [1.54, 1.807) is 0 Å². The number of aromatic nitrogens is 3. The van der Waals surface area contributed by atoms with Crippen LogP contribution in [0.5, 0.6) is 0 Å². The molecule has 3 heteroatoms. The standard InChI is InChI=1S/C14H13N3/c1-10-7-11(2)9-12(8-10)17-14-6-4-3-5-13(14)15-16-17/h3-9H,1-2H3. The van der Waals surface area contributed by atoms with E-state index >= 15 is 0 Å². The van der Waals surface area contributed by atoms with E-state index in [2.05, 4.69) is 42.4 Å². The maximum atomic E-state index is 4.21. The van der Waals surface area contributed by atoms with E-state index in [0.29, 0.717) is 0 Å². The van der Waals surface area contributed by atoms with Crippen molar-refractivity contribution in [2.24, 2.45) is 0 Å². The van der Waals surface area contributed by atoms with Gasteiger partial charge in [0.15, 0.2) is 0 Å². The van der Waals surface area contributed by atoms with Gasteiger partial charge in [-0.2, -0.15) is 0 Å². The normalized spacial score (nSPS) is 10.9. The Morgan fingerprint density at radius 2 is 1.65 bits per heavy atom. The second-order valence-corrected chi connectivity index (χ2v) is 4.34. The number of hydrogen-bond donors (Lipinski definition) is 0. The molecule has 0 radical (unpaired) electrons. The van der Waals surface area contributed by atoms with Gasteiger partial charge in [0.2, 0.25) is 0 Å². The Labute approximate surface area is 99.7 Å². The molecular weight excluding hydrogens is 210 g/mol. The highest BCUT2D eigenvalue weighted by atomic mass is 15.4. The van der Waals surface area contributed by atoms with E-state index in [9.17, 15) is 0 Å². The maximum absolute atomic E-state index is 4.21. The van der Waals surface area contributed by atoms with E-state index in [0.717, 1.165) is 16.7 Å². The molecule has 0 aliphatic rings. The average molecular weight is 223 g/mol. The summed E-state index contributed by atoms with van der Waals surface area (Å²) in [4.78, 5) is 0. The highest BCUT2D eigenvalue weighted by Crippen LogP contribution is 2.18. The molecule has 0 bridgehead atoms. The maximum Gasteiger partial charge on any atom is 0.113 e. The molecule has 0 fully saturated rings. The van der Waals surface area contributed by atoms with Crippen molar-refractivity contribution in [2.45, 2.75) is 13.8 Å². The van der Waals surface area contributed by atoms with Gasteiger partial charge in [0.05, 0.1) is 11.2 Å². The number of aryl methyl sites for hydroxylation is 2. The number of fused-ring (bicyclic) bond motifs is 1. The smallest absolute Gasteiger partial charge is 0.113 e. The average Bonchev–Trinajstić information content (AvgIpc) is 2.71. The lowest BCUT2D eigenvalue weighted by Gasteiger charge is -2.05. The van der Waals surface area contributed by atoms with Gasteiger partial charge in [-0.05, 0) is 49.2 Å². The summed E-state index contributed by atoms with van der Waals surface area (Å²) < 4.78 is 1.88. The Balaban J connectivity index is 2.27. The SMILES string of the molecule is Cc1cc(C)cc(-n2nnc3ccccc32)c1. The summed E-state index contributed by atoms with van der Waals surface area (Å²) in [5.41, 5.74) is 5.50. The van der Waals surface area contributed by atoms with Crippen LogP contribution < -0.4 is 0 Å². The Morgan fingerprint density at radius 3 is 2.41 bits per heavy atom. The molecule has 0 N–H and O–H groups in total. The summed E-state index contributed by atoms with van der Waals surface area (Å²) in [6.45, 7) is 4.19. The van der Waals surface area contributed by atoms with Crippen LogP contribution in [0.3, 0.4) is 0 Å². The number of para-hydroxylation sites is 1. The van der Waals surface area contributed by atoms with Crippen LogP contribution in [0.4, 0.5) is 0 Å². The van der Waals surface area contributed by atoms with Gasteiger partial charge < -0.3 is 0 Å². The first kappa shape index (κ1) is 10.0. The third-order valence-corrected chi connectivity index (χ3v) is 2.80. The van der Waals surface area contributed by atoms with Gasteiger partial charge in [-0.3, -0.25) is 0 Å². The summed E-state index contributed by atoms with van der Waals surface area (Å²) in [7, 11) is 0. The van der Waals surface area contributed by atoms with E-state index in [1.807, 2.05) is 28.9 Å². The van der Waals surface area contributed by atoms with E-state index in [4.69, 9.17) is 0 Å². The number of benzene rings is 2. The quantitative estimate of drug-likeness (QED) is 0.634. The Morgan fingerprint density at radius 1 is 0.941 bits per heavy atom. The Kier molecular flexibility index (Phi) is 2.18. The number of rotatable bonds is 1. The van der Waals surface area contributed by atoms with Crippen LogP contribution in [0.2, 0.25) is 0 Å². The van der Waals surface area contributed by atoms with Crippen molar-refractivity contribution >= 4 is 11.0 Å². The summed E-state index contributed by atoms with van der Waals surface area (Å²) in [6, 6.07) is 14.4. The predicted octanol–water partition coefficient (Wildman–Crippen LogP) is 3.04. The first-order valence-corrected chi connectivity index (χ1v) is 5.63. The minimum absolute atomic E-state index is 0.923. The minimum Gasteiger partial charge on any atom is -0.213 e. The van der Waals surface area contributed by atoms with Gasteiger partial charge in [0.1, 0.15) is 5.52 Å². The van der Waals surface area contributed by atoms with E-state index in [1.165, 1.54) is 11.1 Å². The first-order valence-electron chi connectivity index (χ1n) is 5.63. The molecular formula is C14H13N3. The zero-order chi connectivity index (χ0) is 11.8. The molecule has 0 saturated carbocycles. The fourth-order valence-electron chi connectivity index (χ4n) is 2.13. The lowest BCUT2D eigenvalue weighted by atomic mass is 10.1. The highest BCUT2D eigenvalue weighted by Gasteiger charge is 2.06. The molecule has 0 unspecified atom stereocenters. The lowest BCUT2D eigenvalue weighted by Crippen LogP contribution is -1.97. The van der Waals surface area contributed by atoms with Crippen molar-refractivity contribution in [3.8, 4) is 5.69 Å². The summed E-state index contributed by atoms with van der Waals surface area (Å²) in [5, 5.41) is 8.38. The fourth-order valence-corrected chi connectivity index (χ4v) is 2.13. The van der Waals surface area contributed by atoms with Crippen molar-refractivity contribution < 1.29 is 0 Å². The largest absolute Gasteiger partial charge is 0.213 e.